The summed E-state index contributed by atoms with van der Waals surface area (Å²) in [5.41, 5.74) is 1.59. The topological polar surface area (TPSA) is 54.5 Å². The predicted octanol–water partition coefficient (Wildman–Crippen LogP) is 1.38. The van der Waals surface area contributed by atoms with Crippen LogP contribution in [-0.4, -0.2) is 19.9 Å². The van der Waals surface area contributed by atoms with Gasteiger partial charge in [-0.3, -0.25) is 0 Å². The van der Waals surface area contributed by atoms with Crippen LogP contribution < -0.4 is 0 Å². The van der Waals surface area contributed by atoms with Gasteiger partial charge in [0.25, 0.3) is 0 Å². The van der Waals surface area contributed by atoms with Crippen molar-refractivity contribution in [2.24, 2.45) is 0 Å². The number of rotatable bonds is 0. The minimum atomic E-state index is 0.713. The molecule has 0 aliphatic carbocycles. The van der Waals surface area contributed by atoms with Crippen molar-refractivity contribution in [3.8, 4) is 0 Å². The van der Waals surface area contributed by atoms with E-state index in [1.165, 1.54) is 6.33 Å². The first-order chi connectivity index (χ1) is 5.47. The maximum absolute atomic E-state index is 3.91. The monoisotopic (exact) mass is 150 g/mol. The molecule has 0 aliphatic heterocycles. The number of aromatic amines is 1. The Bertz CT molecular complexity index is 284. The van der Waals surface area contributed by atoms with Crippen molar-refractivity contribution in [3.63, 3.8) is 0 Å². The number of nitrogens with zero attached hydrogens (tertiary/aromatic N) is 3. The first kappa shape index (κ1) is 7.65. The standard InChI is InChI=1S/C5H4N4.C2H6/c1-4-5(8-2-6-1)9-3-7-4;1-2/h1-3H,(H,6,7,8,9);1-2H3. The van der Waals surface area contributed by atoms with Crippen molar-refractivity contribution >= 4 is 11.2 Å². The molecule has 0 aromatic carbocycles. The summed E-state index contributed by atoms with van der Waals surface area (Å²) in [6, 6.07) is 0. The minimum Gasteiger partial charge on any atom is -0.342 e. The highest BCUT2D eigenvalue weighted by Gasteiger charge is 1.91. The quantitative estimate of drug-likeness (QED) is 0.617. The predicted molar refractivity (Wildman–Crippen MR) is 43.0 cm³/mol. The Morgan fingerprint density at radius 1 is 1.27 bits per heavy atom. The van der Waals surface area contributed by atoms with E-state index in [4.69, 9.17) is 0 Å². The van der Waals surface area contributed by atoms with Gasteiger partial charge in [-0.15, -0.1) is 0 Å². The number of aromatic nitrogens is 4. The number of hydrogen-bond donors (Lipinski definition) is 1. The second-order valence-corrected chi connectivity index (χ2v) is 1.66. The van der Waals surface area contributed by atoms with Gasteiger partial charge in [0.15, 0.2) is 5.65 Å². The van der Waals surface area contributed by atoms with Crippen LogP contribution in [0.25, 0.3) is 11.2 Å². The van der Waals surface area contributed by atoms with Crippen LogP contribution in [0.15, 0.2) is 18.9 Å². The van der Waals surface area contributed by atoms with Gasteiger partial charge < -0.3 is 4.98 Å². The molecule has 0 unspecified atom stereocenters. The Hall–Kier alpha value is -1.45. The molecule has 0 amide bonds. The van der Waals surface area contributed by atoms with E-state index < -0.39 is 0 Å². The summed E-state index contributed by atoms with van der Waals surface area (Å²) in [5, 5.41) is 0. The fraction of sp³-hybridized carbons (Fsp3) is 0.286. The van der Waals surface area contributed by atoms with E-state index >= 15 is 0 Å². The molecule has 0 atom stereocenters. The number of nitrogens with one attached hydrogen (secondary N) is 1. The molecule has 0 saturated carbocycles. The molecule has 4 nitrogen and oxygen atoms in total. The molecule has 0 fully saturated rings. The smallest absolute Gasteiger partial charge is 0.180 e. The second kappa shape index (κ2) is 3.65. The first-order valence-corrected chi connectivity index (χ1v) is 3.56. The Balaban J connectivity index is 0.000000281. The molecule has 2 aromatic heterocycles. The Morgan fingerprint density at radius 2 is 2.09 bits per heavy atom. The van der Waals surface area contributed by atoms with E-state index in [-0.39, 0.29) is 0 Å². The summed E-state index contributed by atoms with van der Waals surface area (Å²) in [5.74, 6) is 0. The fourth-order valence-corrected chi connectivity index (χ4v) is 0.691. The minimum absolute atomic E-state index is 0.713. The number of imidazole rings is 1. The lowest BCUT2D eigenvalue weighted by Crippen LogP contribution is -1.76. The summed E-state index contributed by atoms with van der Waals surface area (Å²) < 4.78 is 0. The fourth-order valence-electron chi connectivity index (χ4n) is 0.691. The highest BCUT2D eigenvalue weighted by atomic mass is 15.0. The summed E-state index contributed by atoms with van der Waals surface area (Å²) in [7, 11) is 0. The third-order valence-corrected chi connectivity index (χ3v) is 1.10. The summed E-state index contributed by atoms with van der Waals surface area (Å²) in [4.78, 5) is 14.5. The lowest BCUT2D eigenvalue weighted by atomic mass is 10.6. The maximum Gasteiger partial charge on any atom is 0.180 e. The van der Waals surface area contributed by atoms with E-state index in [0.29, 0.717) is 5.65 Å². The molecule has 2 heterocycles. The van der Waals surface area contributed by atoms with Gasteiger partial charge in [0, 0.05) is 0 Å². The van der Waals surface area contributed by atoms with Gasteiger partial charge in [0.05, 0.1) is 12.5 Å². The Labute approximate surface area is 64.7 Å². The van der Waals surface area contributed by atoms with Crippen LogP contribution >= 0.6 is 0 Å². The van der Waals surface area contributed by atoms with Gasteiger partial charge >= 0.3 is 0 Å². The molecule has 2 aromatic rings. The van der Waals surface area contributed by atoms with Gasteiger partial charge in [-0.2, -0.15) is 0 Å². The third kappa shape index (κ3) is 1.52. The molecule has 0 saturated heterocycles. The van der Waals surface area contributed by atoms with Crippen LogP contribution in [0.5, 0.6) is 0 Å². The third-order valence-electron chi connectivity index (χ3n) is 1.10. The van der Waals surface area contributed by atoms with Gasteiger partial charge in [-0.25, -0.2) is 15.0 Å². The molecule has 1 N–H and O–H groups in total. The summed E-state index contributed by atoms with van der Waals surface area (Å²) in [6.07, 6.45) is 4.76. The number of hydrogen-bond acceptors (Lipinski definition) is 3. The lowest BCUT2D eigenvalue weighted by molar-refractivity contribution is 1.20. The first-order valence-electron chi connectivity index (χ1n) is 3.56. The molecule has 58 valence electrons. The van der Waals surface area contributed by atoms with Crippen molar-refractivity contribution in [1.82, 2.24) is 19.9 Å². The maximum atomic E-state index is 3.91. The highest BCUT2D eigenvalue weighted by Crippen LogP contribution is 1.99. The lowest BCUT2D eigenvalue weighted by Gasteiger charge is -1.80. The average Bonchev–Trinajstić information content (AvgIpc) is 2.55. The van der Waals surface area contributed by atoms with Gasteiger partial charge in [0.1, 0.15) is 11.8 Å². The van der Waals surface area contributed by atoms with E-state index in [2.05, 4.69) is 19.9 Å². The second-order valence-electron chi connectivity index (χ2n) is 1.66. The summed E-state index contributed by atoms with van der Waals surface area (Å²) in [6.45, 7) is 4.00. The van der Waals surface area contributed by atoms with Gasteiger partial charge in [-0.1, -0.05) is 13.8 Å². The normalized spacial score (nSPS) is 8.91. The molecule has 0 spiro atoms. The van der Waals surface area contributed by atoms with Gasteiger partial charge in [-0.05, 0) is 0 Å². The zero-order chi connectivity index (χ0) is 8.10. The summed E-state index contributed by atoms with van der Waals surface area (Å²) >= 11 is 0. The van der Waals surface area contributed by atoms with Crippen LogP contribution in [0.1, 0.15) is 13.8 Å². The van der Waals surface area contributed by atoms with Crippen molar-refractivity contribution in [2.45, 2.75) is 13.8 Å². The highest BCUT2D eigenvalue weighted by molar-refractivity contribution is 5.67. The number of fused-ring (bicyclic) bond motifs is 1. The molecular weight excluding hydrogens is 140 g/mol. The molecule has 11 heavy (non-hydrogen) atoms. The molecule has 4 heteroatoms. The van der Waals surface area contributed by atoms with Gasteiger partial charge in [0.2, 0.25) is 0 Å². The van der Waals surface area contributed by atoms with E-state index in [0.717, 1.165) is 5.52 Å². The van der Waals surface area contributed by atoms with Crippen molar-refractivity contribution < 1.29 is 0 Å². The number of H-pyrrole nitrogens is 1. The van der Waals surface area contributed by atoms with Crippen LogP contribution in [0.4, 0.5) is 0 Å². The zero-order valence-corrected chi connectivity index (χ0v) is 6.57. The SMILES string of the molecule is CC.c1ncc2[nH]cnc2n1. The van der Waals surface area contributed by atoms with Crippen LogP contribution in [0.3, 0.4) is 0 Å². The van der Waals surface area contributed by atoms with Crippen LogP contribution in [0.2, 0.25) is 0 Å². The molecule has 0 bridgehead atoms. The molecular formula is C7H10N4. The van der Waals surface area contributed by atoms with E-state index in [1.807, 2.05) is 13.8 Å². The molecule has 0 aliphatic rings. The van der Waals surface area contributed by atoms with Crippen LogP contribution in [0, 0.1) is 0 Å². The van der Waals surface area contributed by atoms with E-state index in [1.54, 1.807) is 12.5 Å². The largest absolute Gasteiger partial charge is 0.342 e. The van der Waals surface area contributed by atoms with E-state index in [9.17, 15) is 0 Å². The Morgan fingerprint density at radius 3 is 2.82 bits per heavy atom. The zero-order valence-electron chi connectivity index (χ0n) is 6.57. The van der Waals surface area contributed by atoms with Crippen molar-refractivity contribution in [1.29, 1.82) is 0 Å². The molecule has 0 radical (unpaired) electrons. The Kier molecular flexibility index (Phi) is 2.54. The molecule has 2 rings (SSSR count). The van der Waals surface area contributed by atoms with Crippen molar-refractivity contribution in [3.05, 3.63) is 18.9 Å². The van der Waals surface area contributed by atoms with Crippen molar-refractivity contribution in [2.75, 3.05) is 0 Å². The van der Waals surface area contributed by atoms with Crippen LogP contribution in [-0.2, 0) is 0 Å². The average molecular weight is 150 g/mol.